The van der Waals surface area contributed by atoms with Crippen LogP contribution in [0.25, 0.3) is 0 Å². The highest BCUT2D eigenvalue weighted by Gasteiger charge is 2.40. The van der Waals surface area contributed by atoms with Gasteiger partial charge in [0.15, 0.2) is 0 Å². The molecule has 2 fully saturated rings. The molecule has 2 saturated heterocycles. The Bertz CT molecular complexity index is 334. The van der Waals surface area contributed by atoms with Gasteiger partial charge in [-0.3, -0.25) is 4.90 Å². The van der Waals surface area contributed by atoms with E-state index in [2.05, 4.69) is 47.2 Å². The molecule has 15 heavy (non-hydrogen) atoms. The molecule has 2 bridgehead atoms. The molecule has 1 aromatic rings. The van der Waals surface area contributed by atoms with E-state index in [0.717, 1.165) is 18.6 Å². The van der Waals surface area contributed by atoms with E-state index in [9.17, 15) is 0 Å². The van der Waals surface area contributed by atoms with Crippen LogP contribution in [0.3, 0.4) is 0 Å². The van der Waals surface area contributed by atoms with Crippen LogP contribution in [-0.4, -0.2) is 42.0 Å². The third-order valence-corrected chi connectivity index (χ3v) is 3.86. The molecule has 0 aliphatic carbocycles. The van der Waals surface area contributed by atoms with Crippen molar-refractivity contribution in [3.8, 4) is 0 Å². The van der Waals surface area contributed by atoms with E-state index >= 15 is 0 Å². The molecule has 2 nitrogen and oxygen atoms in total. The normalized spacial score (nSPS) is 31.3. The fourth-order valence-electron chi connectivity index (χ4n) is 2.96. The number of likely N-dealkylation sites (tertiary alicyclic amines) is 2. The topological polar surface area (TPSA) is 6.48 Å². The average molecular weight is 202 g/mol. The molecule has 3 rings (SSSR count). The van der Waals surface area contributed by atoms with Gasteiger partial charge in [0.25, 0.3) is 0 Å². The molecule has 2 atom stereocenters. The number of fused-ring (bicyclic) bond motifs is 2. The van der Waals surface area contributed by atoms with Crippen LogP contribution in [0.1, 0.15) is 12.0 Å². The van der Waals surface area contributed by atoms with Crippen molar-refractivity contribution in [1.82, 2.24) is 9.80 Å². The number of hydrogen-bond donors (Lipinski definition) is 0. The first-order chi connectivity index (χ1) is 7.33. The lowest BCUT2D eigenvalue weighted by Crippen LogP contribution is -2.43. The summed E-state index contributed by atoms with van der Waals surface area (Å²) < 4.78 is 0. The van der Waals surface area contributed by atoms with Gasteiger partial charge in [-0.2, -0.15) is 0 Å². The second kappa shape index (κ2) is 3.62. The van der Waals surface area contributed by atoms with Crippen molar-refractivity contribution in [1.29, 1.82) is 0 Å². The number of hydrogen-bond acceptors (Lipinski definition) is 2. The summed E-state index contributed by atoms with van der Waals surface area (Å²) in [5, 5.41) is 0. The molecule has 0 unspecified atom stereocenters. The minimum absolute atomic E-state index is 0.806. The standard InChI is InChI=1S/C13H18N2/c1-14-9-13-7-12(14)10-15(13)8-11-5-3-2-4-6-11/h2-6,12-13H,7-10H2,1H3/t12-,13-/m1/s1. The van der Waals surface area contributed by atoms with Gasteiger partial charge < -0.3 is 4.90 Å². The Morgan fingerprint density at radius 3 is 2.53 bits per heavy atom. The monoisotopic (exact) mass is 202 g/mol. The zero-order chi connectivity index (χ0) is 10.3. The van der Waals surface area contributed by atoms with E-state index in [1.807, 2.05) is 0 Å². The molecule has 2 heterocycles. The van der Waals surface area contributed by atoms with Crippen LogP contribution in [0.15, 0.2) is 30.3 Å². The van der Waals surface area contributed by atoms with Crippen molar-refractivity contribution < 1.29 is 0 Å². The molecule has 0 spiro atoms. The fraction of sp³-hybridized carbons (Fsp3) is 0.538. The Morgan fingerprint density at radius 2 is 1.93 bits per heavy atom. The largest absolute Gasteiger partial charge is 0.301 e. The van der Waals surface area contributed by atoms with Gasteiger partial charge in [-0.1, -0.05) is 30.3 Å². The summed E-state index contributed by atoms with van der Waals surface area (Å²) in [6.07, 6.45) is 1.38. The zero-order valence-corrected chi connectivity index (χ0v) is 9.26. The number of piperazine rings is 1. The summed E-state index contributed by atoms with van der Waals surface area (Å²) in [6.45, 7) is 3.66. The SMILES string of the molecule is CN1C[C@H]2C[C@@H]1CN2Cc1ccccc1. The van der Waals surface area contributed by atoms with Gasteiger partial charge in [-0.05, 0) is 19.0 Å². The molecule has 0 N–H and O–H groups in total. The Kier molecular flexibility index (Phi) is 2.26. The quantitative estimate of drug-likeness (QED) is 0.718. The van der Waals surface area contributed by atoms with Crippen molar-refractivity contribution in [2.75, 3.05) is 20.1 Å². The Morgan fingerprint density at radius 1 is 1.13 bits per heavy atom. The summed E-state index contributed by atoms with van der Waals surface area (Å²) in [4.78, 5) is 5.14. The molecule has 0 radical (unpaired) electrons. The maximum atomic E-state index is 2.64. The molecule has 2 aliphatic heterocycles. The first-order valence-electron chi connectivity index (χ1n) is 5.81. The van der Waals surface area contributed by atoms with Gasteiger partial charge in [0.1, 0.15) is 0 Å². The van der Waals surface area contributed by atoms with Crippen molar-refractivity contribution in [2.45, 2.75) is 25.0 Å². The molecule has 80 valence electrons. The van der Waals surface area contributed by atoms with Gasteiger partial charge >= 0.3 is 0 Å². The lowest BCUT2D eigenvalue weighted by Gasteiger charge is -2.31. The van der Waals surface area contributed by atoms with Gasteiger partial charge in [0.2, 0.25) is 0 Å². The van der Waals surface area contributed by atoms with Crippen molar-refractivity contribution in [2.24, 2.45) is 0 Å². The van der Waals surface area contributed by atoms with Crippen molar-refractivity contribution in [3.63, 3.8) is 0 Å². The number of nitrogens with zero attached hydrogens (tertiary/aromatic N) is 2. The highest BCUT2D eigenvalue weighted by atomic mass is 15.3. The number of likely N-dealkylation sites (N-methyl/N-ethyl adjacent to an activating group) is 1. The van der Waals surface area contributed by atoms with E-state index in [-0.39, 0.29) is 0 Å². The number of benzene rings is 1. The van der Waals surface area contributed by atoms with E-state index in [1.165, 1.54) is 25.1 Å². The molecule has 0 saturated carbocycles. The minimum atomic E-state index is 0.806. The summed E-state index contributed by atoms with van der Waals surface area (Å²) in [5.41, 5.74) is 1.45. The molecule has 0 amide bonds. The smallest absolute Gasteiger partial charge is 0.0242 e. The lowest BCUT2D eigenvalue weighted by atomic mass is 10.2. The first-order valence-corrected chi connectivity index (χ1v) is 5.81. The van der Waals surface area contributed by atoms with Crippen molar-refractivity contribution >= 4 is 0 Å². The van der Waals surface area contributed by atoms with Crippen molar-refractivity contribution in [3.05, 3.63) is 35.9 Å². The van der Waals surface area contributed by atoms with E-state index in [1.54, 1.807) is 0 Å². The zero-order valence-electron chi connectivity index (χ0n) is 9.26. The third kappa shape index (κ3) is 1.68. The fourth-order valence-corrected chi connectivity index (χ4v) is 2.96. The maximum Gasteiger partial charge on any atom is 0.0242 e. The first kappa shape index (κ1) is 9.37. The summed E-state index contributed by atoms with van der Waals surface area (Å²) in [6, 6.07) is 12.4. The van der Waals surface area contributed by atoms with E-state index in [4.69, 9.17) is 0 Å². The van der Waals surface area contributed by atoms with Crippen LogP contribution in [0, 0.1) is 0 Å². The Balaban J connectivity index is 1.67. The summed E-state index contributed by atoms with van der Waals surface area (Å²) in [7, 11) is 2.25. The molecule has 1 aromatic carbocycles. The molecule has 2 aliphatic rings. The lowest BCUT2D eigenvalue weighted by molar-refractivity contribution is 0.143. The molecule has 0 aromatic heterocycles. The Labute approximate surface area is 91.5 Å². The molecule has 2 heteroatoms. The Hall–Kier alpha value is -0.860. The minimum Gasteiger partial charge on any atom is -0.301 e. The molecular weight excluding hydrogens is 184 g/mol. The van der Waals surface area contributed by atoms with Crippen LogP contribution in [0.2, 0.25) is 0 Å². The van der Waals surface area contributed by atoms with E-state index in [0.29, 0.717) is 0 Å². The highest BCUT2D eigenvalue weighted by Crippen LogP contribution is 2.30. The van der Waals surface area contributed by atoms with Crippen LogP contribution in [0.5, 0.6) is 0 Å². The predicted molar refractivity (Wildman–Crippen MR) is 61.7 cm³/mol. The van der Waals surface area contributed by atoms with Gasteiger partial charge in [-0.25, -0.2) is 0 Å². The second-order valence-electron chi connectivity index (χ2n) is 4.90. The highest BCUT2D eigenvalue weighted by molar-refractivity contribution is 5.15. The average Bonchev–Trinajstić information content (AvgIpc) is 2.78. The van der Waals surface area contributed by atoms with Crippen LogP contribution >= 0.6 is 0 Å². The summed E-state index contributed by atoms with van der Waals surface area (Å²) >= 11 is 0. The third-order valence-electron chi connectivity index (χ3n) is 3.86. The second-order valence-corrected chi connectivity index (χ2v) is 4.90. The van der Waals surface area contributed by atoms with Crippen LogP contribution in [0.4, 0.5) is 0 Å². The van der Waals surface area contributed by atoms with Gasteiger partial charge in [0.05, 0.1) is 0 Å². The molecular formula is C13H18N2. The van der Waals surface area contributed by atoms with Gasteiger partial charge in [0, 0.05) is 31.7 Å². The van der Waals surface area contributed by atoms with Gasteiger partial charge in [-0.15, -0.1) is 0 Å². The van der Waals surface area contributed by atoms with Crippen LogP contribution < -0.4 is 0 Å². The predicted octanol–water partition coefficient (Wildman–Crippen LogP) is 1.57. The summed E-state index contributed by atoms with van der Waals surface area (Å²) in [5.74, 6) is 0. The maximum absolute atomic E-state index is 2.64. The number of rotatable bonds is 2. The van der Waals surface area contributed by atoms with E-state index < -0.39 is 0 Å². The van der Waals surface area contributed by atoms with Crippen LogP contribution in [-0.2, 0) is 6.54 Å².